The largest absolute Gasteiger partial charge is 0.393 e. The molecule has 0 bridgehead atoms. The lowest BCUT2D eigenvalue weighted by molar-refractivity contribution is -0.114. The molecule has 0 aromatic heterocycles. The van der Waals surface area contributed by atoms with Crippen LogP contribution in [-0.2, 0) is 11.2 Å². The van der Waals surface area contributed by atoms with Crippen LogP contribution in [0.2, 0.25) is 0 Å². The summed E-state index contributed by atoms with van der Waals surface area (Å²) < 4.78 is 0. The number of carbonyl (C=O) groups is 1. The van der Waals surface area contributed by atoms with E-state index in [9.17, 15) is 4.79 Å². The zero-order valence-electron chi connectivity index (χ0n) is 9.16. The van der Waals surface area contributed by atoms with Crippen molar-refractivity contribution in [1.82, 2.24) is 0 Å². The number of aliphatic hydroxyl groups is 1. The fraction of sp³-hybridized carbons (Fsp3) is 0.417. The van der Waals surface area contributed by atoms with Gasteiger partial charge in [-0.15, -0.1) is 0 Å². The number of hydrogen-bond donors (Lipinski definition) is 2. The van der Waals surface area contributed by atoms with Gasteiger partial charge in [0.25, 0.3) is 0 Å². The Balaban J connectivity index is 2.52. The molecule has 3 heteroatoms. The molecular formula is C12H17NO2. The minimum atomic E-state index is -0.264. The maximum absolute atomic E-state index is 10.8. The highest BCUT2D eigenvalue weighted by atomic mass is 16.3. The molecule has 1 atom stereocenters. The van der Waals surface area contributed by atoms with Crippen molar-refractivity contribution in [3.05, 3.63) is 29.8 Å². The SMILES string of the molecule is CC(=O)Nc1ccc(CC[C@@H](C)O)cc1. The van der Waals surface area contributed by atoms with Crippen LogP contribution in [0.1, 0.15) is 25.8 Å². The summed E-state index contributed by atoms with van der Waals surface area (Å²) in [6.45, 7) is 3.27. The summed E-state index contributed by atoms with van der Waals surface area (Å²) in [6.07, 6.45) is 1.36. The Morgan fingerprint density at radius 2 is 2.00 bits per heavy atom. The van der Waals surface area contributed by atoms with Crippen molar-refractivity contribution in [2.75, 3.05) is 5.32 Å². The first kappa shape index (κ1) is 11.7. The van der Waals surface area contributed by atoms with E-state index in [0.717, 1.165) is 18.5 Å². The zero-order chi connectivity index (χ0) is 11.3. The molecule has 0 aliphatic rings. The van der Waals surface area contributed by atoms with E-state index in [0.29, 0.717) is 0 Å². The van der Waals surface area contributed by atoms with Gasteiger partial charge in [0.1, 0.15) is 0 Å². The zero-order valence-corrected chi connectivity index (χ0v) is 9.16. The molecule has 0 spiro atoms. The summed E-state index contributed by atoms with van der Waals surface area (Å²) in [6, 6.07) is 7.68. The Bertz CT molecular complexity index is 317. The van der Waals surface area contributed by atoms with E-state index in [-0.39, 0.29) is 12.0 Å². The van der Waals surface area contributed by atoms with Crippen LogP contribution in [0.3, 0.4) is 0 Å². The molecule has 1 rings (SSSR count). The van der Waals surface area contributed by atoms with Gasteiger partial charge in [-0.2, -0.15) is 0 Å². The Labute approximate surface area is 90.1 Å². The van der Waals surface area contributed by atoms with E-state index in [1.165, 1.54) is 12.5 Å². The van der Waals surface area contributed by atoms with Crippen molar-refractivity contribution in [2.24, 2.45) is 0 Å². The topological polar surface area (TPSA) is 49.3 Å². The van der Waals surface area contributed by atoms with E-state index < -0.39 is 0 Å². The van der Waals surface area contributed by atoms with Gasteiger partial charge in [0, 0.05) is 12.6 Å². The molecule has 15 heavy (non-hydrogen) atoms. The van der Waals surface area contributed by atoms with Crippen LogP contribution in [-0.4, -0.2) is 17.1 Å². The van der Waals surface area contributed by atoms with Gasteiger partial charge in [0.2, 0.25) is 5.91 Å². The summed E-state index contributed by atoms with van der Waals surface area (Å²) >= 11 is 0. The maximum atomic E-state index is 10.8. The fourth-order valence-electron chi connectivity index (χ4n) is 1.33. The van der Waals surface area contributed by atoms with Crippen LogP contribution in [0.15, 0.2) is 24.3 Å². The molecule has 0 saturated heterocycles. The lowest BCUT2D eigenvalue weighted by Gasteiger charge is -2.06. The highest BCUT2D eigenvalue weighted by molar-refractivity contribution is 5.88. The molecule has 3 nitrogen and oxygen atoms in total. The molecule has 0 radical (unpaired) electrons. The third-order valence-corrected chi connectivity index (χ3v) is 2.13. The molecule has 0 fully saturated rings. The summed E-state index contributed by atoms with van der Waals surface area (Å²) in [7, 11) is 0. The maximum Gasteiger partial charge on any atom is 0.221 e. The lowest BCUT2D eigenvalue weighted by Crippen LogP contribution is -2.05. The third-order valence-electron chi connectivity index (χ3n) is 2.13. The minimum Gasteiger partial charge on any atom is -0.393 e. The van der Waals surface area contributed by atoms with E-state index in [1.54, 1.807) is 6.92 Å². The molecule has 0 aliphatic heterocycles. The van der Waals surface area contributed by atoms with Crippen LogP contribution < -0.4 is 5.32 Å². The summed E-state index contributed by atoms with van der Waals surface area (Å²) in [5.74, 6) is -0.0632. The second-order valence-electron chi connectivity index (χ2n) is 3.77. The van der Waals surface area contributed by atoms with Crippen LogP contribution in [0, 0.1) is 0 Å². The second kappa shape index (κ2) is 5.51. The van der Waals surface area contributed by atoms with E-state index >= 15 is 0 Å². The highest BCUT2D eigenvalue weighted by Gasteiger charge is 1.99. The number of benzene rings is 1. The average molecular weight is 207 g/mol. The molecule has 0 heterocycles. The number of rotatable bonds is 4. The predicted octanol–water partition coefficient (Wildman–Crippen LogP) is 1.96. The Kier molecular flexibility index (Phi) is 4.31. The van der Waals surface area contributed by atoms with Crippen molar-refractivity contribution < 1.29 is 9.90 Å². The van der Waals surface area contributed by atoms with Crippen molar-refractivity contribution in [3.63, 3.8) is 0 Å². The number of carbonyl (C=O) groups excluding carboxylic acids is 1. The average Bonchev–Trinajstić information content (AvgIpc) is 2.16. The monoisotopic (exact) mass is 207 g/mol. The molecule has 2 N–H and O–H groups in total. The molecule has 1 amide bonds. The number of anilines is 1. The van der Waals surface area contributed by atoms with Gasteiger partial charge >= 0.3 is 0 Å². The van der Waals surface area contributed by atoms with Crippen LogP contribution >= 0.6 is 0 Å². The number of amides is 1. The molecule has 82 valence electrons. The molecule has 1 aromatic carbocycles. The van der Waals surface area contributed by atoms with Crippen molar-refractivity contribution in [1.29, 1.82) is 0 Å². The molecule has 0 aliphatic carbocycles. The van der Waals surface area contributed by atoms with Crippen LogP contribution in [0.25, 0.3) is 0 Å². The van der Waals surface area contributed by atoms with Crippen molar-refractivity contribution >= 4 is 11.6 Å². The second-order valence-corrected chi connectivity index (χ2v) is 3.77. The number of nitrogens with one attached hydrogen (secondary N) is 1. The molecule has 1 aromatic rings. The first-order valence-electron chi connectivity index (χ1n) is 5.12. The Morgan fingerprint density at radius 1 is 1.40 bits per heavy atom. The quantitative estimate of drug-likeness (QED) is 0.793. The fourth-order valence-corrected chi connectivity index (χ4v) is 1.33. The molecule has 0 saturated carbocycles. The van der Waals surface area contributed by atoms with Gasteiger partial charge in [-0.25, -0.2) is 0 Å². The van der Waals surface area contributed by atoms with Gasteiger partial charge in [-0.05, 0) is 37.5 Å². The Morgan fingerprint density at radius 3 is 2.47 bits per heavy atom. The van der Waals surface area contributed by atoms with E-state index in [1.807, 2.05) is 24.3 Å². The molecule has 0 unspecified atom stereocenters. The first-order valence-corrected chi connectivity index (χ1v) is 5.12. The van der Waals surface area contributed by atoms with Crippen molar-refractivity contribution in [2.45, 2.75) is 32.8 Å². The Hall–Kier alpha value is -1.35. The predicted molar refractivity (Wildman–Crippen MR) is 60.7 cm³/mol. The summed E-state index contributed by atoms with van der Waals surface area (Å²) in [5.41, 5.74) is 1.98. The van der Waals surface area contributed by atoms with E-state index in [2.05, 4.69) is 5.32 Å². The third kappa shape index (κ3) is 4.61. The summed E-state index contributed by atoms with van der Waals surface area (Å²) in [5, 5.41) is 11.8. The number of hydrogen-bond acceptors (Lipinski definition) is 2. The smallest absolute Gasteiger partial charge is 0.221 e. The highest BCUT2D eigenvalue weighted by Crippen LogP contribution is 2.11. The standard InChI is InChI=1S/C12H17NO2/c1-9(14)3-4-11-5-7-12(8-6-11)13-10(2)15/h5-9,14H,3-4H2,1-2H3,(H,13,15)/t9-/m1/s1. The number of aryl methyl sites for hydroxylation is 1. The number of aliphatic hydroxyl groups excluding tert-OH is 1. The van der Waals surface area contributed by atoms with Gasteiger partial charge in [0.05, 0.1) is 6.10 Å². The van der Waals surface area contributed by atoms with Gasteiger partial charge in [-0.3, -0.25) is 4.79 Å². The van der Waals surface area contributed by atoms with Gasteiger partial charge in [-0.1, -0.05) is 12.1 Å². The van der Waals surface area contributed by atoms with E-state index in [4.69, 9.17) is 5.11 Å². The van der Waals surface area contributed by atoms with Crippen molar-refractivity contribution in [3.8, 4) is 0 Å². The van der Waals surface area contributed by atoms with Crippen LogP contribution in [0.5, 0.6) is 0 Å². The minimum absolute atomic E-state index is 0.0632. The van der Waals surface area contributed by atoms with Gasteiger partial charge < -0.3 is 10.4 Å². The lowest BCUT2D eigenvalue weighted by atomic mass is 10.1. The summed E-state index contributed by atoms with van der Waals surface area (Å²) in [4.78, 5) is 10.8. The normalized spacial score (nSPS) is 12.2. The van der Waals surface area contributed by atoms with Gasteiger partial charge in [0.15, 0.2) is 0 Å². The first-order chi connectivity index (χ1) is 7.08. The molecular weight excluding hydrogens is 190 g/mol. The van der Waals surface area contributed by atoms with Crippen LogP contribution in [0.4, 0.5) is 5.69 Å².